The highest BCUT2D eigenvalue weighted by molar-refractivity contribution is 8.26. The number of hydrogen-bond donors (Lipinski definition) is 1. The number of rotatable bonds is 4. The van der Waals surface area contributed by atoms with Crippen LogP contribution in [0.2, 0.25) is 0 Å². The van der Waals surface area contributed by atoms with E-state index in [0.717, 1.165) is 53.2 Å². The van der Waals surface area contributed by atoms with Crippen LogP contribution in [0.1, 0.15) is 57.5 Å². The van der Waals surface area contributed by atoms with Crippen molar-refractivity contribution in [2.45, 2.75) is 46.5 Å². The number of carbonyl (C=O) groups is 2. The molecule has 1 aliphatic heterocycles. The summed E-state index contributed by atoms with van der Waals surface area (Å²) in [5.41, 5.74) is 4.82. The van der Waals surface area contributed by atoms with Gasteiger partial charge in [-0.2, -0.15) is 0 Å². The van der Waals surface area contributed by atoms with Crippen LogP contribution in [0, 0.1) is 13.8 Å². The van der Waals surface area contributed by atoms with Crippen LogP contribution in [0.5, 0.6) is 0 Å². The Labute approximate surface area is 183 Å². The van der Waals surface area contributed by atoms with Crippen molar-refractivity contribution in [2.75, 3.05) is 6.61 Å². The summed E-state index contributed by atoms with van der Waals surface area (Å²) in [5.74, 6) is -0.408. The first kappa shape index (κ1) is 20.4. The van der Waals surface area contributed by atoms with Gasteiger partial charge in [0, 0.05) is 16.3 Å². The number of thiocarbonyl (C=S) groups is 1. The summed E-state index contributed by atoms with van der Waals surface area (Å²) >= 11 is 8.05. The van der Waals surface area contributed by atoms with Gasteiger partial charge in [0.1, 0.15) is 9.32 Å². The van der Waals surface area contributed by atoms with Crippen molar-refractivity contribution in [2.24, 2.45) is 0 Å². The van der Waals surface area contributed by atoms with Crippen molar-refractivity contribution in [3.63, 3.8) is 0 Å². The van der Waals surface area contributed by atoms with E-state index in [4.69, 9.17) is 17.0 Å². The summed E-state index contributed by atoms with van der Waals surface area (Å²) in [7, 11) is 0. The molecule has 2 aromatic heterocycles. The predicted molar refractivity (Wildman–Crippen MR) is 122 cm³/mol. The van der Waals surface area contributed by atoms with Gasteiger partial charge >= 0.3 is 5.97 Å². The molecule has 0 aromatic carbocycles. The zero-order valence-electron chi connectivity index (χ0n) is 16.6. The Morgan fingerprint density at radius 3 is 2.79 bits per heavy atom. The van der Waals surface area contributed by atoms with E-state index in [1.54, 1.807) is 11.3 Å². The van der Waals surface area contributed by atoms with Gasteiger partial charge in [0.15, 0.2) is 0 Å². The van der Waals surface area contributed by atoms with E-state index in [9.17, 15) is 9.59 Å². The Morgan fingerprint density at radius 2 is 2.10 bits per heavy atom. The molecule has 0 spiro atoms. The topological polar surface area (TPSA) is 60.3 Å². The van der Waals surface area contributed by atoms with Gasteiger partial charge in [0.05, 0.1) is 17.1 Å². The fourth-order valence-corrected chi connectivity index (χ4v) is 6.45. The second kappa shape index (κ2) is 8.08. The maximum Gasteiger partial charge on any atom is 0.341 e. The summed E-state index contributed by atoms with van der Waals surface area (Å²) in [5, 5.41) is 3.58. The third kappa shape index (κ3) is 3.69. The number of thioether (sulfide) groups is 1. The van der Waals surface area contributed by atoms with E-state index in [1.165, 1.54) is 16.6 Å². The molecule has 1 saturated heterocycles. The van der Waals surface area contributed by atoms with Crippen molar-refractivity contribution in [1.29, 1.82) is 0 Å². The molecule has 0 bridgehead atoms. The number of amides is 1. The zero-order valence-corrected chi connectivity index (χ0v) is 19.0. The van der Waals surface area contributed by atoms with E-state index in [1.807, 2.05) is 32.9 Å². The van der Waals surface area contributed by atoms with Crippen molar-refractivity contribution >= 4 is 57.6 Å². The van der Waals surface area contributed by atoms with Gasteiger partial charge in [-0.25, -0.2) is 4.79 Å². The number of ether oxygens (including phenoxy) is 1. The van der Waals surface area contributed by atoms with E-state index >= 15 is 0 Å². The highest BCUT2D eigenvalue weighted by atomic mass is 32.2. The molecule has 8 heteroatoms. The lowest BCUT2D eigenvalue weighted by molar-refractivity contribution is -0.115. The molecule has 3 heterocycles. The Balaban J connectivity index is 1.84. The van der Waals surface area contributed by atoms with Crippen LogP contribution in [0.25, 0.3) is 11.1 Å². The van der Waals surface area contributed by atoms with E-state index in [2.05, 4.69) is 9.88 Å². The van der Waals surface area contributed by atoms with Crippen LogP contribution in [-0.2, 0) is 22.4 Å². The molecule has 1 amide bonds. The van der Waals surface area contributed by atoms with Crippen molar-refractivity contribution in [3.8, 4) is 5.00 Å². The van der Waals surface area contributed by atoms with Gasteiger partial charge in [-0.05, 0) is 69.7 Å². The van der Waals surface area contributed by atoms with Gasteiger partial charge < -0.3 is 14.6 Å². The Bertz CT molecular complexity index is 1060. The van der Waals surface area contributed by atoms with E-state index in [0.29, 0.717) is 21.4 Å². The average molecular weight is 447 g/mol. The fraction of sp³-hybridized carbons (Fsp3) is 0.381. The molecular formula is C21H22N2O3S3. The third-order valence-corrected chi connectivity index (χ3v) is 7.67. The summed E-state index contributed by atoms with van der Waals surface area (Å²) in [6.07, 6.45) is 6.06. The van der Waals surface area contributed by atoms with Gasteiger partial charge in [-0.1, -0.05) is 24.0 Å². The smallest absolute Gasteiger partial charge is 0.341 e. The Hall–Kier alpha value is -1.90. The molecule has 0 atom stereocenters. The number of aryl methyl sites for hydroxylation is 2. The van der Waals surface area contributed by atoms with Crippen LogP contribution >= 0.6 is 35.3 Å². The molecule has 1 N–H and O–H groups in total. The summed E-state index contributed by atoms with van der Waals surface area (Å²) in [6, 6.07) is 2.05. The molecular weight excluding hydrogens is 424 g/mol. The minimum atomic E-state index is -0.245. The second-order valence-corrected chi connectivity index (χ2v) is 9.93. The SMILES string of the molecule is CCOC(=O)c1c(-n2c(C)cc(/C=C3/SC(=S)NC3=O)c2C)sc2c1CCCC2. The summed E-state index contributed by atoms with van der Waals surface area (Å²) in [4.78, 5) is 26.8. The highest BCUT2D eigenvalue weighted by Gasteiger charge is 2.29. The van der Waals surface area contributed by atoms with Gasteiger partial charge in [-0.3, -0.25) is 4.79 Å². The molecule has 2 aromatic rings. The molecule has 5 nitrogen and oxygen atoms in total. The largest absolute Gasteiger partial charge is 0.462 e. The normalized spacial score (nSPS) is 17.6. The number of aromatic nitrogens is 1. The van der Waals surface area contributed by atoms with Gasteiger partial charge in [0.2, 0.25) is 0 Å². The predicted octanol–water partition coefficient (Wildman–Crippen LogP) is 4.70. The number of nitrogens with zero attached hydrogens (tertiary/aromatic N) is 1. The fourth-order valence-electron chi connectivity index (χ4n) is 3.93. The molecule has 0 radical (unpaired) electrons. The lowest BCUT2D eigenvalue weighted by Gasteiger charge is -2.13. The summed E-state index contributed by atoms with van der Waals surface area (Å²) < 4.78 is 8.01. The maximum absolute atomic E-state index is 12.8. The maximum atomic E-state index is 12.8. The molecule has 1 aliphatic carbocycles. The Kier molecular flexibility index (Phi) is 5.68. The average Bonchev–Trinajstić information content (AvgIpc) is 3.28. The molecule has 29 heavy (non-hydrogen) atoms. The number of nitrogens with one attached hydrogen (secondary N) is 1. The third-order valence-electron chi connectivity index (χ3n) is 5.23. The van der Waals surface area contributed by atoms with Crippen molar-refractivity contribution in [3.05, 3.63) is 43.9 Å². The first-order valence-electron chi connectivity index (χ1n) is 9.66. The van der Waals surface area contributed by atoms with Gasteiger partial charge in [0.25, 0.3) is 5.91 Å². The zero-order chi connectivity index (χ0) is 20.7. The van der Waals surface area contributed by atoms with E-state index < -0.39 is 0 Å². The van der Waals surface area contributed by atoms with Crippen LogP contribution in [-0.4, -0.2) is 27.4 Å². The van der Waals surface area contributed by atoms with Gasteiger partial charge in [-0.15, -0.1) is 11.3 Å². The van der Waals surface area contributed by atoms with Crippen LogP contribution in [0.4, 0.5) is 0 Å². The molecule has 152 valence electrons. The van der Waals surface area contributed by atoms with Crippen LogP contribution < -0.4 is 5.32 Å². The standard InChI is InChI=1S/C21H22N2O3S3/c1-4-26-20(25)17-14-7-5-6-8-15(14)28-19(17)23-11(2)9-13(12(23)3)10-16-18(24)22-21(27)29-16/h9-10H,4-8H2,1-3H3,(H,22,24,27)/b16-10+. The number of carbonyl (C=O) groups excluding carboxylic acids is 2. The number of thiophene rings is 1. The minimum Gasteiger partial charge on any atom is -0.462 e. The Morgan fingerprint density at radius 1 is 1.34 bits per heavy atom. The minimum absolute atomic E-state index is 0.163. The van der Waals surface area contributed by atoms with E-state index in [-0.39, 0.29) is 11.9 Å². The molecule has 2 aliphatic rings. The first-order valence-corrected chi connectivity index (χ1v) is 11.7. The molecule has 4 rings (SSSR count). The van der Waals surface area contributed by atoms with Crippen molar-refractivity contribution in [1.82, 2.24) is 9.88 Å². The molecule has 1 fully saturated rings. The number of fused-ring (bicyclic) bond motifs is 1. The molecule has 0 saturated carbocycles. The van der Waals surface area contributed by atoms with Crippen molar-refractivity contribution < 1.29 is 14.3 Å². The number of hydrogen-bond acceptors (Lipinski definition) is 6. The summed E-state index contributed by atoms with van der Waals surface area (Å²) in [6.45, 7) is 6.23. The lowest BCUT2D eigenvalue weighted by atomic mass is 9.95. The lowest BCUT2D eigenvalue weighted by Crippen LogP contribution is -2.17. The van der Waals surface area contributed by atoms with Crippen LogP contribution in [0.15, 0.2) is 11.0 Å². The van der Waals surface area contributed by atoms with Crippen LogP contribution in [0.3, 0.4) is 0 Å². The number of esters is 1. The highest BCUT2D eigenvalue weighted by Crippen LogP contribution is 2.39. The quantitative estimate of drug-likeness (QED) is 0.419. The monoisotopic (exact) mass is 446 g/mol. The molecule has 0 unspecified atom stereocenters. The first-order chi connectivity index (χ1) is 13.9. The second-order valence-electron chi connectivity index (χ2n) is 7.13.